The average molecular weight is 421 g/mol. The summed E-state index contributed by atoms with van der Waals surface area (Å²) < 4.78 is 5.87. The van der Waals surface area contributed by atoms with E-state index in [1.807, 2.05) is 51.1 Å². The molecule has 0 aliphatic carbocycles. The van der Waals surface area contributed by atoms with Gasteiger partial charge in [-0.2, -0.15) is 0 Å². The van der Waals surface area contributed by atoms with Crippen molar-refractivity contribution in [3.63, 3.8) is 0 Å². The highest BCUT2D eigenvalue weighted by Crippen LogP contribution is 2.13. The number of ether oxygens (including phenoxy) is 1. The van der Waals surface area contributed by atoms with Crippen molar-refractivity contribution in [2.45, 2.75) is 46.3 Å². The van der Waals surface area contributed by atoms with Gasteiger partial charge in [0.25, 0.3) is 0 Å². The normalized spacial score (nSPS) is 13.6. The van der Waals surface area contributed by atoms with E-state index in [2.05, 4.69) is 16.0 Å². The molecule has 0 aliphatic rings. The van der Waals surface area contributed by atoms with Gasteiger partial charge in [-0.15, -0.1) is 0 Å². The molecule has 2 unspecified atom stereocenters. The quantitative estimate of drug-likeness (QED) is 0.445. The summed E-state index contributed by atoms with van der Waals surface area (Å²) in [6, 6.07) is 9.09. The Kier molecular flexibility index (Phi) is 11.5. The Morgan fingerprint density at radius 3 is 2.30 bits per heavy atom. The van der Waals surface area contributed by atoms with E-state index in [0.717, 1.165) is 12.2 Å². The van der Waals surface area contributed by atoms with Crippen LogP contribution in [-0.4, -0.2) is 68.0 Å². The molecular formula is C22H36N4O4. The van der Waals surface area contributed by atoms with Gasteiger partial charge in [0, 0.05) is 20.1 Å². The van der Waals surface area contributed by atoms with Crippen molar-refractivity contribution in [3.05, 3.63) is 30.3 Å². The summed E-state index contributed by atoms with van der Waals surface area (Å²) in [6.07, 6.45) is 0.687. The number of hydrogen-bond donors (Lipinski definition) is 3. The number of nitrogens with zero attached hydrogens (tertiary/aromatic N) is 1. The fraction of sp³-hybridized carbons (Fsp3) is 0.591. The monoisotopic (exact) mass is 420 g/mol. The molecule has 3 N–H and O–H groups in total. The van der Waals surface area contributed by atoms with Gasteiger partial charge in [0.05, 0.1) is 19.1 Å². The molecule has 0 aromatic heterocycles. The molecule has 1 rings (SSSR count). The van der Waals surface area contributed by atoms with Gasteiger partial charge in [-0.25, -0.2) is 0 Å². The Morgan fingerprint density at radius 2 is 1.70 bits per heavy atom. The Balaban J connectivity index is 2.58. The standard InChI is InChI=1S/C22H36N4O4/c1-6-16(3)21(25-13-17(4)30-18-11-9-8-10-12-18)22(29)26(5)15-20(28)24-14-19(27)23-7-2/h8-12,16-17,21,25H,6-7,13-15H2,1-5H3,(H,23,27)(H,24,28)/t16?,17-,21?/m1/s1. The third-order valence-corrected chi connectivity index (χ3v) is 4.76. The van der Waals surface area contributed by atoms with Gasteiger partial charge in [0.1, 0.15) is 11.9 Å². The van der Waals surface area contributed by atoms with E-state index >= 15 is 0 Å². The van der Waals surface area contributed by atoms with Gasteiger partial charge in [-0.1, -0.05) is 38.5 Å². The molecule has 0 spiro atoms. The topological polar surface area (TPSA) is 99.8 Å². The first kappa shape index (κ1) is 25.4. The lowest BCUT2D eigenvalue weighted by Gasteiger charge is -2.29. The molecule has 0 aliphatic heterocycles. The fourth-order valence-electron chi connectivity index (χ4n) is 2.86. The van der Waals surface area contributed by atoms with Crippen LogP contribution in [0, 0.1) is 5.92 Å². The van der Waals surface area contributed by atoms with Crippen LogP contribution in [-0.2, 0) is 14.4 Å². The molecule has 3 amide bonds. The second-order valence-electron chi connectivity index (χ2n) is 7.44. The lowest BCUT2D eigenvalue weighted by Crippen LogP contribution is -2.52. The molecule has 0 fully saturated rings. The highest BCUT2D eigenvalue weighted by atomic mass is 16.5. The van der Waals surface area contributed by atoms with E-state index in [1.165, 1.54) is 4.90 Å². The van der Waals surface area contributed by atoms with Gasteiger partial charge < -0.3 is 25.6 Å². The van der Waals surface area contributed by atoms with Crippen LogP contribution in [0.2, 0.25) is 0 Å². The summed E-state index contributed by atoms with van der Waals surface area (Å²) in [5.41, 5.74) is 0. The van der Waals surface area contributed by atoms with Crippen molar-refractivity contribution in [1.29, 1.82) is 0 Å². The molecule has 30 heavy (non-hydrogen) atoms. The molecule has 0 radical (unpaired) electrons. The van der Waals surface area contributed by atoms with E-state index in [-0.39, 0.29) is 42.8 Å². The maximum absolute atomic E-state index is 13.0. The van der Waals surface area contributed by atoms with Gasteiger partial charge in [-0.3, -0.25) is 14.4 Å². The van der Waals surface area contributed by atoms with Crippen LogP contribution in [0.3, 0.4) is 0 Å². The highest BCUT2D eigenvalue weighted by molar-refractivity contribution is 5.89. The average Bonchev–Trinajstić information content (AvgIpc) is 2.72. The molecule has 0 saturated heterocycles. The maximum atomic E-state index is 13.0. The summed E-state index contributed by atoms with van der Waals surface area (Å²) in [5, 5.41) is 8.43. The summed E-state index contributed by atoms with van der Waals surface area (Å²) in [5.74, 6) is 0.0676. The lowest BCUT2D eigenvalue weighted by atomic mass is 9.97. The zero-order valence-corrected chi connectivity index (χ0v) is 18.7. The van der Waals surface area contributed by atoms with Gasteiger partial charge >= 0.3 is 0 Å². The minimum Gasteiger partial charge on any atom is -0.489 e. The number of amides is 3. The summed E-state index contributed by atoms with van der Waals surface area (Å²) in [6.45, 7) is 8.56. The third kappa shape index (κ3) is 9.26. The molecule has 0 bridgehead atoms. The van der Waals surface area contributed by atoms with Crippen molar-refractivity contribution < 1.29 is 19.1 Å². The van der Waals surface area contributed by atoms with Crippen molar-refractivity contribution in [1.82, 2.24) is 20.9 Å². The Hall–Kier alpha value is -2.61. The van der Waals surface area contributed by atoms with Crippen LogP contribution < -0.4 is 20.7 Å². The first-order valence-electron chi connectivity index (χ1n) is 10.5. The zero-order valence-electron chi connectivity index (χ0n) is 18.7. The van der Waals surface area contributed by atoms with Gasteiger partial charge in [0.15, 0.2) is 0 Å². The maximum Gasteiger partial charge on any atom is 0.240 e. The van der Waals surface area contributed by atoms with Crippen LogP contribution in [0.4, 0.5) is 0 Å². The summed E-state index contributed by atoms with van der Waals surface area (Å²) in [4.78, 5) is 37.9. The zero-order chi connectivity index (χ0) is 22.5. The number of nitrogens with one attached hydrogen (secondary N) is 3. The number of rotatable bonds is 13. The van der Waals surface area contributed by atoms with Crippen LogP contribution >= 0.6 is 0 Å². The molecule has 1 aromatic rings. The Labute approximate surface area is 179 Å². The summed E-state index contributed by atoms with van der Waals surface area (Å²) in [7, 11) is 1.59. The van der Waals surface area contributed by atoms with Gasteiger partial charge in [-0.05, 0) is 31.9 Å². The van der Waals surface area contributed by atoms with Crippen molar-refractivity contribution in [2.75, 3.05) is 33.2 Å². The first-order chi connectivity index (χ1) is 14.3. The van der Waals surface area contributed by atoms with Crippen molar-refractivity contribution >= 4 is 17.7 Å². The SMILES string of the molecule is CCNC(=O)CNC(=O)CN(C)C(=O)C(NC[C@@H](C)Oc1ccccc1)C(C)CC. The molecule has 1 aromatic carbocycles. The van der Waals surface area contributed by atoms with E-state index in [4.69, 9.17) is 4.74 Å². The molecule has 3 atom stereocenters. The van der Waals surface area contributed by atoms with E-state index in [0.29, 0.717) is 13.1 Å². The Bertz CT molecular complexity index is 668. The van der Waals surface area contributed by atoms with Crippen LogP contribution in [0.15, 0.2) is 30.3 Å². The Morgan fingerprint density at radius 1 is 1.03 bits per heavy atom. The minimum absolute atomic E-state index is 0.0854. The first-order valence-corrected chi connectivity index (χ1v) is 10.5. The van der Waals surface area contributed by atoms with Gasteiger partial charge in [0.2, 0.25) is 17.7 Å². The largest absolute Gasteiger partial charge is 0.489 e. The number of carbonyl (C=O) groups excluding carboxylic acids is 3. The minimum atomic E-state index is -0.432. The smallest absolute Gasteiger partial charge is 0.240 e. The number of para-hydroxylation sites is 1. The van der Waals surface area contributed by atoms with E-state index in [1.54, 1.807) is 14.0 Å². The second-order valence-corrected chi connectivity index (χ2v) is 7.44. The molecule has 0 saturated carbocycles. The third-order valence-electron chi connectivity index (χ3n) is 4.76. The molecule has 0 heterocycles. The number of hydrogen-bond acceptors (Lipinski definition) is 5. The molecule has 8 nitrogen and oxygen atoms in total. The molecule has 168 valence electrons. The van der Waals surface area contributed by atoms with Crippen LogP contribution in [0.25, 0.3) is 0 Å². The number of benzene rings is 1. The van der Waals surface area contributed by atoms with Crippen molar-refractivity contribution in [3.8, 4) is 5.75 Å². The molecular weight excluding hydrogens is 384 g/mol. The summed E-state index contributed by atoms with van der Waals surface area (Å²) >= 11 is 0. The lowest BCUT2D eigenvalue weighted by molar-refractivity contribution is -0.137. The highest BCUT2D eigenvalue weighted by Gasteiger charge is 2.28. The predicted octanol–water partition coefficient (Wildman–Crippen LogP) is 1.17. The number of likely N-dealkylation sites (N-methyl/N-ethyl adjacent to an activating group) is 2. The fourth-order valence-corrected chi connectivity index (χ4v) is 2.86. The predicted molar refractivity (Wildman–Crippen MR) is 117 cm³/mol. The van der Waals surface area contributed by atoms with Crippen LogP contribution in [0.1, 0.15) is 34.1 Å². The van der Waals surface area contributed by atoms with Crippen LogP contribution in [0.5, 0.6) is 5.75 Å². The molecule has 8 heteroatoms. The second kappa shape index (κ2) is 13.6. The number of carbonyl (C=O) groups is 3. The van der Waals surface area contributed by atoms with E-state index in [9.17, 15) is 14.4 Å². The van der Waals surface area contributed by atoms with Crippen molar-refractivity contribution in [2.24, 2.45) is 5.92 Å². The van der Waals surface area contributed by atoms with E-state index < -0.39 is 6.04 Å².